The minimum absolute atomic E-state index is 0.0388. The standard InChI is InChI=1S/C8H4BrF2N3O/c9-3-1-4(7(10)11)14-5(2-12)6(3)8(13)15/h1,7H,(H2,13,15). The smallest absolute Gasteiger partial charge is 0.280 e. The van der Waals surface area contributed by atoms with Crippen molar-refractivity contribution in [2.75, 3.05) is 0 Å². The van der Waals surface area contributed by atoms with E-state index in [2.05, 4.69) is 20.9 Å². The predicted molar refractivity (Wildman–Crippen MR) is 50.1 cm³/mol. The molecule has 0 aliphatic rings. The third kappa shape index (κ3) is 2.27. The van der Waals surface area contributed by atoms with Crippen LogP contribution in [0.15, 0.2) is 10.5 Å². The van der Waals surface area contributed by atoms with Gasteiger partial charge in [-0.1, -0.05) is 0 Å². The van der Waals surface area contributed by atoms with Gasteiger partial charge >= 0.3 is 0 Å². The highest BCUT2D eigenvalue weighted by Crippen LogP contribution is 2.25. The molecule has 7 heteroatoms. The molecular formula is C8H4BrF2N3O. The fourth-order valence-electron chi connectivity index (χ4n) is 0.959. The van der Waals surface area contributed by atoms with Crippen LogP contribution in [0.4, 0.5) is 8.78 Å². The van der Waals surface area contributed by atoms with Gasteiger partial charge in [0, 0.05) is 4.47 Å². The molecule has 2 N–H and O–H groups in total. The predicted octanol–water partition coefficient (Wildman–Crippen LogP) is 1.75. The number of carbonyl (C=O) groups is 1. The Morgan fingerprint density at radius 3 is 2.67 bits per heavy atom. The Bertz CT molecular complexity index is 456. The Labute approximate surface area is 91.8 Å². The quantitative estimate of drug-likeness (QED) is 0.893. The molecule has 0 spiro atoms. The lowest BCUT2D eigenvalue weighted by molar-refractivity contribution is 0.0998. The first kappa shape index (κ1) is 11.5. The number of aromatic nitrogens is 1. The number of pyridine rings is 1. The Hall–Kier alpha value is -1.55. The van der Waals surface area contributed by atoms with Gasteiger partial charge < -0.3 is 5.73 Å². The summed E-state index contributed by atoms with van der Waals surface area (Å²) in [6.07, 6.45) is -2.81. The van der Waals surface area contributed by atoms with Crippen LogP contribution in [0, 0.1) is 11.3 Å². The van der Waals surface area contributed by atoms with Crippen molar-refractivity contribution in [1.29, 1.82) is 5.26 Å². The number of nitrogens with zero attached hydrogens (tertiary/aromatic N) is 2. The lowest BCUT2D eigenvalue weighted by atomic mass is 10.1. The maximum Gasteiger partial charge on any atom is 0.280 e. The van der Waals surface area contributed by atoms with Crippen molar-refractivity contribution in [3.8, 4) is 6.07 Å². The zero-order chi connectivity index (χ0) is 11.6. The molecule has 0 bridgehead atoms. The second-order valence-corrected chi connectivity index (χ2v) is 3.38. The van der Waals surface area contributed by atoms with Crippen molar-refractivity contribution in [2.45, 2.75) is 6.43 Å². The van der Waals surface area contributed by atoms with Gasteiger partial charge in [-0.15, -0.1) is 0 Å². The van der Waals surface area contributed by atoms with Crippen LogP contribution in [0.3, 0.4) is 0 Å². The Kier molecular flexibility index (Phi) is 3.31. The van der Waals surface area contributed by atoms with Crippen LogP contribution in [0.25, 0.3) is 0 Å². The molecule has 78 valence electrons. The maximum atomic E-state index is 12.3. The Balaban J connectivity index is 3.46. The lowest BCUT2D eigenvalue weighted by Gasteiger charge is -2.05. The summed E-state index contributed by atoms with van der Waals surface area (Å²) in [4.78, 5) is 14.2. The molecule has 0 aromatic carbocycles. The molecule has 0 saturated heterocycles. The van der Waals surface area contributed by atoms with Crippen LogP contribution < -0.4 is 5.73 Å². The zero-order valence-corrected chi connectivity index (χ0v) is 8.75. The molecule has 1 aromatic heterocycles. The molecule has 0 unspecified atom stereocenters. The van der Waals surface area contributed by atoms with Crippen LogP contribution in [-0.2, 0) is 0 Å². The molecule has 0 fully saturated rings. The topological polar surface area (TPSA) is 79.8 Å². The van der Waals surface area contributed by atoms with E-state index in [1.54, 1.807) is 0 Å². The zero-order valence-electron chi connectivity index (χ0n) is 7.17. The summed E-state index contributed by atoms with van der Waals surface area (Å²) in [6, 6.07) is 2.50. The molecular weight excluding hydrogens is 272 g/mol. The van der Waals surface area contributed by atoms with E-state index < -0.39 is 23.7 Å². The van der Waals surface area contributed by atoms with Gasteiger partial charge in [0.2, 0.25) is 0 Å². The first-order chi connectivity index (χ1) is 6.97. The molecule has 1 rings (SSSR count). The van der Waals surface area contributed by atoms with Crippen molar-refractivity contribution in [3.05, 3.63) is 27.5 Å². The Morgan fingerprint density at radius 2 is 2.27 bits per heavy atom. The largest absolute Gasteiger partial charge is 0.365 e. The fraction of sp³-hybridized carbons (Fsp3) is 0.125. The molecule has 4 nitrogen and oxygen atoms in total. The molecule has 1 aromatic rings. The first-order valence-corrected chi connectivity index (χ1v) is 4.45. The number of hydrogen-bond donors (Lipinski definition) is 1. The summed E-state index contributed by atoms with van der Waals surface area (Å²) in [6.45, 7) is 0. The van der Waals surface area contributed by atoms with Gasteiger partial charge in [-0.25, -0.2) is 13.8 Å². The van der Waals surface area contributed by atoms with Crippen LogP contribution in [0.1, 0.15) is 28.2 Å². The normalized spacial score (nSPS) is 10.1. The first-order valence-electron chi connectivity index (χ1n) is 3.66. The minimum atomic E-state index is -2.81. The summed E-state index contributed by atoms with van der Waals surface area (Å²) in [5.41, 5.74) is 3.79. The van der Waals surface area contributed by atoms with E-state index >= 15 is 0 Å². The number of primary amides is 1. The molecule has 0 radical (unpaired) electrons. The van der Waals surface area contributed by atoms with Crippen LogP contribution in [-0.4, -0.2) is 10.9 Å². The SMILES string of the molecule is N#Cc1nc(C(F)F)cc(Br)c1C(N)=O. The number of alkyl halides is 2. The second kappa shape index (κ2) is 4.31. The molecule has 1 heterocycles. The minimum Gasteiger partial charge on any atom is -0.365 e. The number of nitriles is 1. The van der Waals surface area contributed by atoms with Gasteiger partial charge in [0.1, 0.15) is 11.8 Å². The van der Waals surface area contributed by atoms with Gasteiger partial charge in [-0.05, 0) is 22.0 Å². The summed E-state index contributed by atoms with van der Waals surface area (Å²) >= 11 is 2.88. The third-order valence-electron chi connectivity index (χ3n) is 1.57. The number of carbonyl (C=O) groups excluding carboxylic acids is 1. The fourth-order valence-corrected chi connectivity index (χ4v) is 1.58. The van der Waals surface area contributed by atoms with Crippen molar-refractivity contribution in [2.24, 2.45) is 5.73 Å². The van der Waals surface area contributed by atoms with Gasteiger partial charge in [-0.3, -0.25) is 4.79 Å². The van der Waals surface area contributed by atoms with Gasteiger partial charge in [0.15, 0.2) is 5.69 Å². The number of nitrogens with two attached hydrogens (primary N) is 1. The van der Waals surface area contributed by atoms with Gasteiger partial charge in [0.05, 0.1) is 5.56 Å². The molecule has 0 aliphatic heterocycles. The monoisotopic (exact) mass is 275 g/mol. The highest BCUT2D eigenvalue weighted by atomic mass is 79.9. The van der Waals surface area contributed by atoms with Gasteiger partial charge in [0.25, 0.3) is 12.3 Å². The second-order valence-electron chi connectivity index (χ2n) is 2.53. The highest BCUT2D eigenvalue weighted by molar-refractivity contribution is 9.10. The number of halogens is 3. The van der Waals surface area contributed by atoms with Crippen molar-refractivity contribution in [3.63, 3.8) is 0 Å². The van der Waals surface area contributed by atoms with E-state index in [0.717, 1.165) is 6.07 Å². The lowest BCUT2D eigenvalue weighted by Crippen LogP contribution is -2.15. The molecule has 0 atom stereocenters. The van der Waals surface area contributed by atoms with E-state index in [1.807, 2.05) is 0 Å². The van der Waals surface area contributed by atoms with Gasteiger partial charge in [-0.2, -0.15) is 5.26 Å². The summed E-state index contributed by atoms with van der Waals surface area (Å²) in [5, 5.41) is 8.61. The van der Waals surface area contributed by atoms with E-state index in [1.165, 1.54) is 6.07 Å². The van der Waals surface area contributed by atoms with Crippen molar-refractivity contribution < 1.29 is 13.6 Å². The van der Waals surface area contributed by atoms with Crippen molar-refractivity contribution in [1.82, 2.24) is 4.98 Å². The number of hydrogen-bond acceptors (Lipinski definition) is 3. The number of amides is 1. The maximum absolute atomic E-state index is 12.3. The molecule has 1 amide bonds. The average molecular weight is 276 g/mol. The molecule has 0 aliphatic carbocycles. The summed E-state index contributed by atoms with van der Waals surface area (Å²) in [7, 11) is 0. The Morgan fingerprint density at radius 1 is 1.67 bits per heavy atom. The molecule has 0 saturated carbocycles. The van der Waals surface area contributed by atoms with E-state index in [9.17, 15) is 13.6 Å². The van der Waals surface area contributed by atoms with E-state index in [-0.39, 0.29) is 10.0 Å². The van der Waals surface area contributed by atoms with Crippen molar-refractivity contribution >= 4 is 21.8 Å². The summed E-state index contributed by atoms with van der Waals surface area (Å²) in [5.74, 6) is -0.897. The molecule has 15 heavy (non-hydrogen) atoms. The van der Waals surface area contributed by atoms with Crippen LogP contribution in [0.2, 0.25) is 0 Å². The number of rotatable bonds is 2. The third-order valence-corrected chi connectivity index (χ3v) is 2.19. The van der Waals surface area contributed by atoms with E-state index in [4.69, 9.17) is 11.0 Å². The van der Waals surface area contributed by atoms with Crippen LogP contribution in [0.5, 0.6) is 0 Å². The van der Waals surface area contributed by atoms with E-state index in [0.29, 0.717) is 0 Å². The van der Waals surface area contributed by atoms with Crippen LogP contribution >= 0.6 is 15.9 Å². The average Bonchev–Trinajstić information content (AvgIpc) is 2.15. The summed E-state index contributed by atoms with van der Waals surface area (Å²) < 4.78 is 24.6. The highest BCUT2D eigenvalue weighted by Gasteiger charge is 2.19.